The third kappa shape index (κ3) is 5.80. The van der Waals surface area contributed by atoms with E-state index in [2.05, 4.69) is 89.9 Å². The highest BCUT2D eigenvalue weighted by Crippen LogP contribution is 2.59. The maximum atomic E-state index is 12.6. The van der Waals surface area contributed by atoms with Gasteiger partial charge in [0.15, 0.2) is 0 Å². The molecule has 4 nitrogen and oxygen atoms in total. The van der Waals surface area contributed by atoms with Crippen molar-refractivity contribution in [2.24, 2.45) is 11.3 Å². The summed E-state index contributed by atoms with van der Waals surface area (Å²) >= 11 is 0. The Morgan fingerprint density at radius 2 is 1.81 bits per heavy atom. The molecule has 1 amide bonds. The summed E-state index contributed by atoms with van der Waals surface area (Å²) in [4.78, 5) is 17.3. The van der Waals surface area contributed by atoms with Gasteiger partial charge in [-0.1, -0.05) is 54.6 Å². The van der Waals surface area contributed by atoms with Crippen LogP contribution in [0.15, 0.2) is 60.7 Å². The fourth-order valence-corrected chi connectivity index (χ4v) is 4.95. The van der Waals surface area contributed by atoms with Crippen molar-refractivity contribution in [2.45, 2.75) is 32.1 Å². The van der Waals surface area contributed by atoms with Crippen molar-refractivity contribution in [3.63, 3.8) is 0 Å². The lowest BCUT2D eigenvalue weighted by Crippen LogP contribution is -2.37. The second-order valence-corrected chi connectivity index (χ2v) is 9.69. The molecule has 32 heavy (non-hydrogen) atoms. The van der Waals surface area contributed by atoms with Crippen LogP contribution in [0.5, 0.6) is 0 Å². The molecule has 0 radical (unpaired) electrons. The van der Waals surface area contributed by atoms with Crippen LogP contribution in [0.4, 0.5) is 5.69 Å². The van der Waals surface area contributed by atoms with Gasteiger partial charge in [-0.25, -0.2) is 0 Å². The Labute approximate surface area is 193 Å². The van der Waals surface area contributed by atoms with Gasteiger partial charge in [-0.15, -0.1) is 0 Å². The maximum Gasteiger partial charge on any atom is 0.223 e. The maximum absolute atomic E-state index is 12.6. The number of amides is 1. The van der Waals surface area contributed by atoms with Gasteiger partial charge in [0.2, 0.25) is 5.91 Å². The van der Waals surface area contributed by atoms with Gasteiger partial charge < -0.3 is 10.2 Å². The van der Waals surface area contributed by atoms with Gasteiger partial charge in [0.25, 0.3) is 0 Å². The van der Waals surface area contributed by atoms with Crippen LogP contribution in [-0.4, -0.2) is 51.1 Å². The number of hydrogen-bond donors (Lipinski definition) is 1. The van der Waals surface area contributed by atoms with Gasteiger partial charge in [0, 0.05) is 38.8 Å². The molecule has 0 bridgehead atoms. The summed E-state index contributed by atoms with van der Waals surface area (Å²) < 4.78 is 0. The molecule has 2 aromatic rings. The molecule has 1 spiro atoms. The topological polar surface area (TPSA) is 35.6 Å². The molecule has 4 heteroatoms. The van der Waals surface area contributed by atoms with Gasteiger partial charge in [0.1, 0.15) is 0 Å². The van der Waals surface area contributed by atoms with Crippen LogP contribution in [0, 0.1) is 11.3 Å². The van der Waals surface area contributed by atoms with Gasteiger partial charge in [0.05, 0.1) is 0 Å². The predicted molar refractivity (Wildman–Crippen MR) is 134 cm³/mol. The van der Waals surface area contributed by atoms with Crippen LogP contribution in [0.1, 0.15) is 36.8 Å². The minimum atomic E-state index is 0.243. The first-order chi connectivity index (χ1) is 15.6. The lowest BCUT2D eigenvalue weighted by atomic mass is 9.90. The molecule has 2 aromatic carbocycles. The number of benzene rings is 2. The zero-order valence-electron chi connectivity index (χ0n) is 19.6. The molecule has 0 unspecified atom stereocenters. The summed E-state index contributed by atoms with van der Waals surface area (Å²) in [6.45, 7) is 3.97. The van der Waals surface area contributed by atoms with Crippen molar-refractivity contribution in [1.29, 1.82) is 0 Å². The van der Waals surface area contributed by atoms with Crippen molar-refractivity contribution < 1.29 is 4.79 Å². The van der Waals surface area contributed by atoms with E-state index in [1.165, 1.54) is 16.8 Å². The first-order valence-corrected chi connectivity index (χ1v) is 12.0. The number of anilines is 1. The fourth-order valence-electron chi connectivity index (χ4n) is 4.95. The van der Waals surface area contributed by atoms with Gasteiger partial charge in [-0.05, 0) is 73.9 Å². The number of carbonyl (C=O) groups excluding carboxylic acids is 1. The molecular weight excluding hydrogens is 394 g/mol. The molecule has 1 heterocycles. The van der Waals surface area contributed by atoms with E-state index >= 15 is 0 Å². The molecule has 1 atom stereocenters. The number of likely N-dealkylation sites (tertiary alicyclic amines) is 1. The number of nitrogens with one attached hydrogen (secondary N) is 1. The van der Waals surface area contributed by atoms with E-state index in [0.717, 1.165) is 58.3 Å². The van der Waals surface area contributed by atoms with E-state index in [9.17, 15) is 4.79 Å². The summed E-state index contributed by atoms with van der Waals surface area (Å²) in [5, 5.41) is 3.19. The Bertz CT molecular complexity index is 896. The highest BCUT2D eigenvalue weighted by Gasteiger charge is 2.58. The van der Waals surface area contributed by atoms with Crippen LogP contribution >= 0.6 is 0 Å². The molecule has 2 fully saturated rings. The summed E-state index contributed by atoms with van der Waals surface area (Å²) in [6, 6.07) is 19.2. The van der Waals surface area contributed by atoms with Crippen LogP contribution in [0.3, 0.4) is 0 Å². The molecule has 1 N–H and O–H groups in total. The highest BCUT2D eigenvalue weighted by atomic mass is 16.2. The minimum Gasteiger partial charge on any atom is -0.378 e. The SMILES string of the molecule is CN(C)c1ccc(/C=C/CN2CCC3(CC2)C[C@@H]3C(=O)NCCCc2ccccc2)cc1. The Morgan fingerprint density at radius 1 is 1.09 bits per heavy atom. The molecule has 2 aliphatic rings. The van der Waals surface area contributed by atoms with Crippen LogP contribution in [0.2, 0.25) is 0 Å². The Balaban J connectivity index is 1.14. The van der Waals surface area contributed by atoms with Crippen molar-refractivity contribution in [3.8, 4) is 0 Å². The number of aryl methyl sites for hydroxylation is 1. The van der Waals surface area contributed by atoms with E-state index in [4.69, 9.17) is 0 Å². The third-order valence-electron chi connectivity index (χ3n) is 7.23. The number of hydrogen-bond acceptors (Lipinski definition) is 3. The number of piperidine rings is 1. The van der Waals surface area contributed by atoms with E-state index < -0.39 is 0 Å². The van der Waals surface area contributed by atoms with Crippen molar-refractivity contribution in [2.75, 3.05) is 45.2 Å². The summed E-state index contributed by atoms with van der Waals surface area (Å²) in [7, 11) is 4.13. The highest BCUT2D eigenvalue weighted by molar-refractivity contribution is 5.82. The zero-order valence-corrected chi connectivity index (χ0v) is 19.6. The van der Waals surface area contributed by atoms with E-state index in [1.807, 2.05) is 6.07 Å². The van der Waals surface area contributed by atoms with Crippen molar-refractivity contribution >= 4 is 17.7 Å². The lowest BCUT2D eigenvalue weighted by molar-refractivity contribution is -0.123. The quantitative estimate of drug-likeness (QED) is 0.589. The minimum absolute atomic E-state index is 0.243. The summed E-state index contributed by atoms with van der Waals surface area (Å²) in [6.07, 6.45) is 9.91. The lowest BCUT2D eigenvalue weighted by Gasteiger charge is -2.32. The zero-order chi connectivity index (χ0) is 22.4. The smallest absolute Gasteiger partial charge is 0.223 e. The molecular formula is C28H37N3O. The normalized spacial score (nSPS) is 19.9. The first kappa shape index (κ1) is 22.6. The van der Waals surface area contributed by atoms with Gasteiger partial charge in [-0.2, -0.15) is 0 Å². The second kappa shape index (κ2) is 10.4. The first-order valence-electron chi connectivity index (χ1n) is 12.0. The number of rotatable bonds is 9. The second-order valence-electron chi connectivity index (χ2n) is 9.69. The largest absolute Gasteiger partial charge is 0.378 e. The number of nitrogens with zero attached hydrogens (tertiary/aromatic N) is 2. The van der Waals surface area contributed by atoms with Crippen molar-refractivity contribution in [1.82, 2.24) is 10.2 Å². The fraction of sp³-hybridized carbons (Fsp3) is 0.464. The third-order valence-corrected chi connectivity index (χ3v) is 7.23. The molecule has 1 aliphatic heterocycles. The van der Waals surface area contributed by atoms with Gasteiger partial charge >= 0.3 is 0 Å². The Morgan fingerprint density at radius 3 is 2.50 bits per heavy atom. The van der Waals surface area contributed by atoms with E-state index in [0.29, 0.717) is 0 Å². The average Bonchev–Trinajstić information content (AvgIpc) is 3.52. The Kier molecular flexibility index (Phi) is 7.31. The van der Waals surface area contributed by atoms with Crippen molar-refractivity contribution in [3.05, 3.63) is 71.8 Å². The van der Waals surface area contributed by atoms with Crippen LogP contribution in [0.25, 0.3) is 6.08 Å². The monoisotopic (exact) mass is 431 g/mol. The molecule has 1 saturated carbocycles. The molecule has 4 rings (SSSR count). The van der Waals surface area contributed by atoms with Gasteiger partial charge in [-0.3, -0.25) is 9.69 Å². The molecule has 170 valence electrons. The summed E-state index contributed by atoms with van der Waals surface area (Å²) in [5.74, 6) is 0.528. The standard InChI is InChI=1S/C28H37N3O/c1-30(2)25-14-12-24(13-15-25)11-7-19-31-20-16-28(17-21-31)22-26(28)27(32)29-18-6-10-23-8-4-3-5-9-23/h3-5,7-9,11-15,26H,6,10,16-22H2,1-2H3,(H,29,32)/b11-7+/t26-/m1/s1. The molecule has 1 saturated heterocycles. The Hall–Kier alpha value is -2.59. The average molecular weight is 432 g/mol. The van der Waals surface area contributed by atoms with E-state index in [1.54, 1.807) is 0 Å². The van der Waals surface area contributed by atoms with E-state index in [-0.39, 0.29) is 17.2 Å². The van der Waals surface area contributed by atoms with Crippen LogP contribution in [-0.2, 0) is 11.2 Å². The molecule has 1 aliphatic carbocycles. The summed E-state index contributed by atoms with van der Waals surface area (Å²) in [5.41, 5.74) is 4.10. The molecule has 0 aromatic heterocycles. The van der Waals surface area contributed by atoms with Crippen LogP contribution < -0.4 is 10.2 Å². The predicted octanol–water partition coefficient (Wildman–Crippen LogP) is 4.62. The number of carbonyl (C=O) groups is 1.